The number of nitrogens with two attached hydrogens (primary N) is 1. The van der Waals surface area contributed by atoms with Gasteiger partial charge in [-0.2, -0.15) is 0 Å². The number of nitrogens with one attached hydrogen (secondary N) is 2. The van der Waals surface area contributed by atoms with E-state index in [1.54, 1.807) is 25.8 Å². The Kier molecular flexibility index (Phi) is 10.5. The number of imide groups is 1. The second-order valence-electron chi connectivity index (χ2n) is 9.99. The highest BCUT2D eigenvalue weighted by molar-refractivity contribution is 7.96. The quantitative estimate of drug-likeness (QED) is 0.330. The number of hydrogen-bond acceptors (Lipinski definition) is 8. The second kappa shape index (κ2) is 12.4. The molecule has 0 spiro atoms. The zero-order valence-electron chi connectivity index (χ0n) is 20.4. The van der Waals surface area contributed by atoms with Crippen molar-refractivity contribution in [3.05, 3.63) is 11.8 Å². The van der Waals surface area contributed by atoms with Crippen molar-refractivity contribution < 1.29 is 19.1 Å². The lowest BCUT2D eigenvalue weighted by Gasteiger charge is -2.33. The van der Waals surface area contributed by atoms with Gasteiger partial charge in [0.2, 0.25) is 5.91 Å². The minimum absolute atomic E-state index is 0.217. The lowest BCUT2D eigenvalue weighted by molar-refractivity contribution is -0.173. The SMILES string of the molecule is CSN1CCC[C@@H](CNC(C)(C)C(=O)NC(=O)C=C(N)C(C)(C)COC2CCCCO2)C1. The van der Waals surface area contributed by atoms with Crippen molar-refractivity contribution in [1.29, 1.82) is 0 Å². The number of hydrogen-bond donors (Lipinski definition) is 3. The third-order valence-electron chi connectivity index (χ3n) is 6.21. The van der Waals surface area contributed by atoms with E-state index in [1.807, 2.05) is 13.8 Å². The van der Waals surface area contributed by atoms with Gasteiger partial charge >= 0.3 is 0 Å². The van der Waals surface area contributed by atoms with Crippen molar-refractivity contribution in [1.82, 2.24) is 14.9 Å². The molecule has 0 aromatic heterocycles. The van der Waals surface area contributed by atoms with E-state index in [-0.39, 0.29) is 12.2 Å². The summed E-state index contributed by atoms with van der Waals surface area (Å²) in [5.74, 6) is -0.396. The molecule has 2 aliphatic rings. The van der Waals surface area contributed by atoms with Gasteiger partial charge < -0.3 is 20.5 Å². The zero-order valence-corrected chi connectivity index (χ0v) is 21.2. The molecule has 0 aromatic carbocycles. The summed E-state index contributed by atoms with van der Waals surface area (Å²) in [6.45, 7) is 11.3. The monoisotopic (exact) mass is 470 g/mol. The molecule has 8 nitrogen and oxygen atoms in total. The number of nitrogens with zero attached hydrogens (tertiary/aromatic N) is 1. The smallest absolute Gasteiger partial charge is 0.252 e. The van der Waals surface area contributed by atoms with Crippen molar-refractivity contribution in [2.45, 2.75) is 71.6 Å². The average molecular weight is 471 g/mol. The fourth-order valence-corrected chi connectivity index (χ4v) is 4.38. The van der Waals surface area contributed by atoms with E-state index in [1.165, 1.54) is 6.08 Å². The summed E-state index contributed by atoms with van der Waals surface area (Å²) in [7, 11) is 0. The Morgan fingerprint density at radius 2 is 1.97 bits per heavy atom. The van der Waals surface area contributed by atoms with Crippen molar-refractivity contribution in [2.75, 3.05) is 39.1 Å². The molecule has 9 heteroatoms. The standard InChI is InChI=1S/C23H42N4O4S/c1-22(2,16-31-20-10-6-7-12-30-20)18(24)13-19(28)26-21(29)23(3,4)25-14-17-9-8-11-27(15-17)32-5/h13,17,20,25H,6-12,14-16,24H2,1-5H3,(H,26,28,29)/t17-,20?/m0/s1. The minimum Gasteiger partial charge on any atom is -0.401 e. The summed E-state index contributed by atoms with van der Waals surface area (Å²) in [5, 5.41) is 5.79. The number of ether oxygens (including phenoxy) is 2. The van der Waals surface area contributed by atoms with Gasteiger partial charge in [0, 0.05) is 43.4 Å². The Morgan fingerprint density at radius 3 is 2.62 bits per heavy atom. The van der Waals surface area contributed by atoms with E-state index >= 15 is 0 Å². The van der Waals surface area contributed by atoms with Crippen LogP contribution in [0.1, 0.15) is 59.8 Å². The summed E-state index contributed by atoms with van der Waals surface area (Å²) in [6, 6.07) is 0. The fraction of sp³-hybridized carbons (Fsp3) is 0.826. The number of amides is 2. The maximum Gasteiger partial charge on any atom is 0.252 e. The largest absolute Gasteiger partial charge is 0.401 e. The van der Waals surface area contributed by atoms with Gasteiger partial charge in [0.15, 0.2) is 6.29 Å². The third-order valence-corrected chi connectivity index (χ3v) is 7.06. The molecule has 0 bridgehead atoms. The van der Waals surface area contributed by atoms with Gasteiger partial charge in [-0.15, -0.1) is 0 Å². The van der Waals surface area contributed by atoms with Crippen LogP contribution in [0, 0.1) is 11.3 Å². The molecule has 32 heavy (non-hydrogen) atoms. The molecule has 184 valence electrons. The lowest BCUT2D eigenvalue weighted by Crippen LogP contribution is -2.55. The molecule has 0 aliphatic carbocycles. The van der Waals surface area contributed by atoms with E-state index in [9.17, 15) is 9.59 Å². The topological polar surface area (TPSA) is 106 Å². The summed E-state index contributed by atoms with van der Waals surface area (Å²) < 4.78 is 13.8. The van der Waals surface area contributed by atoms with E-state index in [4.69, 9.17) is 15.2 Å². The first-order valence-corrected chi connectivity index (χ1v) is 12.8. The molecule has 2 saturated heterocycles. The second-order valence-corrected chi connectivity index (χ2v) is 10.9. The molecular formula is C23H42N4O4S. The van der Waals surface area contributed by atoms with Crippen LogP contribution in [-0.2, 0) is 19.1 Å². The van der Waals surface area contributed by atoms with Crippen LogP contribution in [-0.4, -0.2) is 67.1 Å². The number of carbonyl (C=O) groups is 2. The molecule has 2 aliphatic heterocycles. The molecule has 1 unspecified atom stereocenters. The normalized spacial score (nSPS) is 23.7. The Balaban J connectivity index is 1.82. The third kappa shape index (κ3) is 8.67. The predicted octanol–water partition coefficient (Wildman–Crippen LogP) is 2.40. The van der Waals surface area contributed by atoms with Gasteiger partial charge in [-0.05, 0) is 58.1 Å². The van der Waals surface area contributed by atoms with Gasteiger partial charge in [-0.1, -0.05) is 25.8 Å². The first kappa shape index (κ1) is 27.1. The highest BCUT2D eigenvalue weighted by atomic mass is 32.2. The minimum atomic E-state index is -0.864. The van der Waals surface area contributed by atoms with Crippen molar-refractivity contribution in [3.8, 4) is 0 Å². The molecule has 2 rings (SSSR count). The summed E-state index contributed by atoms with van der Waals surface area (Å²) >= 11 is 1.76. The van der Waals surface area contributed by atoms with Crippen LogP contribution in [0.5, 0.6) is 0 Å². The Hall–Kier alpha value is -1.13. The molecule has 0 aromatic rings. The van der Waals surface area contributed by atoms with Gasteiger partial charge in [0.05, 0.1) is 12.1 Å². The van der Waals surface area contributed by atoms with Crippen LogP contribution in [0.25, 0.3) is 0 Å². The number of carbonyl (C=O) groups excluding carboxylic acids is 2. The van der Waals surface area contributed by atoms with Crippen LogP contribution in [0.3, 0.4) is 0 Å². The maximum absolute atomic E-state index is 12.7. The molecule has 2 heterocycles. The van der Waals surface area contributed by atoms with E-state index in [2.05, 4.69) is 21.2 Å². The Labute approximate surface area is 197 Å². The molecule has 0 saturated carbocycles. The first-order valence-electron chi connectivity index (χ1n) is 11.6. The van der Waals surface area contributed by atoms with Crippen molar-refractivity contribution >= 4 is 23.8 Å². The van der Waals surface area contributed by atoms with Gasteiger partial charge in [-0.25, -0.2) is 0 Å². The maximum atomic E-state index is 12.7. The molecule has 2 atom stereocenters. The summed E-state index contributed by atoms with van der Waals surface area (Å²) in [5.41, 5.74) is 5.12. The molecule has 2 fully saturated rings. The number of piperidine rings is 1. The molecule has 0 radical (unpaired) electrons. The predicted molar refractivity (Wildman–Crippen MR) is 129 cm³/mol. The Morgan fingerprint density at radius 1 is 1.22 bits per heavy atom. The van der Waals surface area contributed by atoms with Gasteiger partial charge in [0.25, 0.3) is 5.91 Å². The van der Waals surface area contributed by atoms with Gasteiger partial charge in [0.1, 0.15) is 0 Å². The van der Waals surface area contributed by atoms with Crippen LogP contribution in [0.2, 0.25) is 0 Å². The van der Waals surface area contributed by atoms with Gasteiger partial charge in [-0.3, -0.25) is 19.2 Å². The van der Waals surface area contributed by atoms with Crippen molar-refractivity contribution in [3.63, 3.8) is 0 Å². The van der Waals surface area contributed by atoms with E-state index < -0.39 is 16.9 Å². The van der Waals surface area contributed by atoms with E-state index in [0.717, 1.165) is 51.7 Å². The average Bonchev–Trinajstić information content (AvgIpc) is 2.77. The van der Waals surface area contributed by atoms with Crippen LogP contribution < -0.4 is 16.4 Å². The molecule has 2 amide bonds. The highest BCUT2D eigenvalue weighted by Gasteiger charge is 2.31. The van der Waals surface area contributed by atoms with Crippen LogP contribution >= 0.6 is 11.9 Å². The molecular weight excluding hydrogens is 428 g/mol. The lowest BCUT2D eigenvalue weighted by atomic mass is 9.90. The van der Waals surface area contributed by atoms with Crippen molar-refractivity contribution in [2.24, 2.45) is 17.1 Å². The summed E-state index contributed by atoms with van der Waals surface area (Å²) in [4.78, 5) is 25.2. The zero-order chi connectivity index (χ0) is 23.8. The summed E-state index contributed by atoms with van der Waals surface area (Å²) in [6.07, 6.45) is 8.48. The Bertz CT molecular complexity index is 662. The fourth-order valence-electron chi connectivity index (χ4n) is 3.71. The first-order chi connectivity index (χ1) is 15.0. The molecule has 4 N–H and O–H groups in total. The van der Waals surface area contributed by atoms with E-state index in [0.29, 0.717) is 24.8 Å². The van der Waals surface area contributed by atoms with Crippen LogP contribution in [0.15, 0.2) is 11.8 Å². The number of rotatable bonds is 10. The van der Waals surface area contributed by atoms with Crippen LogP contribution in [0.4, 0.5) is 0 Å². The highest BCUT2D eigenvalue weighted by Crippen LogP contribution is 2.25.